The molecular weight excluding hydrogens is 264 g/mol. The Hall–Kier alpha value is -1.52. The molecule has 0 bridgehead atoms. The van der Waals surface area contributed by atoms with E-state index in [0.29, 0.717) is 24.2 Å². The van der Waals surface area contributed by atoms with Crippen LogP contribution >= 0.6 is 0 Å². The van der Waals surface area contributed by atoms with Crippen LogP contribution in [0.1, 0.15) is 50.9 Å². The molecule has 1 heterocycles. The van der Waals surface area contributed by atoms with Gasteiger partial charge in [0.05, 0.1) is 17.1 Å². The van der Waals surface area contributed by atoms with Gasteiger partial charge in [-0.2, -0.15) is 5.10 Å². The van der Waals surface area contributed by atoms with Crippen molar-refractivity contribution in [3.63, 3.8) is 0 Å². The summed E-state index contributed by atoms with van der Waals surface area (Å²) in [4.78, 5) is 14.8. The molecule has 1 aromatic heterocycles. The molecule has 5 heteroatoms. The minimum absolute atomic E-state index is 0.168. The Morgan fingerprint density at radius 3 is 2.48 bits per heavy atom. The third kappa shape index (κ3) is 3.57. The number of hydrogen-bond acceptors (Lipinski definition) is 3. The summed E-state index contributed by atoms with van der Waals surface area (Å²) in [6.07, 6.45) is 4.74. The third-order valence-electron chi connectivity index (χ3n) is 4.37. The van der Waals surface area contributed by atoms with Gasteiger partial charge in [0, 0.05) is 12.6 Å². The summed E-state index contributed by atoms with van der Waals surface area (Å²) in [5, 5.41) is 4.38. The summed E-state index contributed by atoms with van der Waals surface area (Å²) in [5.74, 6) is 0.654. The molecule has 0 atom stereocenters. The van der Waals surface area contributed by atoms with E-state index in [-0.39, 0.29) is 5.91 Å². The lowest BCUT2D eigenvalue weighted by molar-refractivity contribution is -0.135. The second-order valence-electron chi connectivity index (χ2n) is 6.62. The molecule has 0 spiro atoms. The highest BCUT2D eigenvalue weighted by Crippen LogP contribution is 2.25. The molecule has 1 saturated carbocycles. The van der Waals surface area contributed by atoms with Gasteiger partial charge in [0.1, 0.15) is 6.54 Å². The van der Waals surface area contributed by atoms with Crippen LogP contribution in [0.2, 0.25) is 0 Å². The van der Waals surface area contributed by atoms with Crippen molar-refractivity contribution < 1.29 is 4.79 Å². The van der Waals surface area contributed by atoms with Crippen LogP contribution in [-0.2, 0) is 11.3 Å². The van der Waals surface area contributed by atoms with Gasteiger partial charge in [-0.15, -0.1) is 0 Å². The van der Waals surface area contributed by atoms with Crippen molar-refractivity contribution in [3.05, 3.63) is 11.4 Å². The first-order chi connectivity index (χ1) is 9.90. The van der Waals surface area contributed by atoms with Gasteiger partial charge in [-0.1, -0.05) is 26.7 Å². The van der Waals surface area contributed by atoms with E-state index in [1.165, 1.54) is 12.8 Å². The molecule has 2 rings (SSSR count). The number of amides is 1. The number of anilines is 1. The SMILES string of the molecule is Cc1nn(CC(=O)N(CC(C)C)C2CCCC2)c(C)c1N. The summed E-state index contributed by atoms with van der Waals surface area (Å²) >= 11 is 0. The summed E-state index contributed by atoms with van der Waals surface area (Å²) < 4.78 is 1.75. The zero-order chi connectivity index (χ0) is 15.6. The van der Waals surface area contributed by atoms with Crippen molar-refractivity contribution in [2.24, 2.45) is 5.92 Å². The molecule has 1 aliphatic carbocycles. The maximum atomic E-state index is 12.7. The normalized spacial score (nSPS) is 15.9. The minimum Gasteiger partial charge on any atom is -0.396 e. The number of nitrogens with zero attached hydrogens (tertiary/aromatic N) is 3. The van der Waals surface area contributed by atoms with Gasteiger partial charge in [0.25, 0.3) is 0 Å². The van der Waals surface area contributed by atoms with Crippen LogP contribution in [-0.4, -0.2) is 33.2 Å². The van der Waals surface area contributed by atoms with E-state index >= 15 is 0 Å². The Kier molecular flexibility index (Phi) is 4.91. The molecule has 21 heavy (non-hydrogen) atoms. The second-order valence-corrected chi connectivity index (χ2v) is 6.62. The standard InChI is InChI=1S/C16H28N4O/c1-11(2)9-19(14-7-5-6-8-14)15(21)10-20-13(4)16(17)12(3)18-20/h11,14H,5-10,17H2,1-4H3. The van der Waals surface area contributed by atoms with Gasteiger partial charge in [0.15, 0.2) is 0 Å². The molecule has 1 aliphatic rings. The number of nitrogen functional groups attached to an aromatic ring is 1. The maximum absolute atomic E-state index is 12.7. The second kappa shape index (κ2) is 6.50. The fraction of sp³-hybridized carbons (Fsp3) is 0.750. The molecule has 5 nitrogen and oxygen atoms in total. The lowest BCUT2D eigenvalue weighted by Gasteiger charge is -2.30. The Labute approximate surface area is 127 Å². The molecule has 1 fully saturated rings. The van der Waals surface area contributed by atoms with Crippen molar-refractivity contribution >= 4 is 11.6 Å². The molecule has 0 saturated heterocycles. The molecule has 0 unspecified atom stereocenters. The minimum atomic E-state index is 0.168. The number of carbonyl (C=O) groups is 1. The fourth-order valence-corrected chi connectivity index (χ4v) is 3.15. The topological polar surface area (TPSA) is 64.2 Å². The van der Waals surface area contributed by atoms with Crippen LogP contribution in [0.5, 0.6) is 0 Å². The van der Waals surface area contributed by atoms with Crippen molar-refractivity contribution in [1.29, 1.82) is 0 Å². The third-order valence-corrected chi connectivity index (χ3v) is 4.37. The van der Waals surface area contributed by atoms with E-state index in [1.807, 2.05) is 13.8 Å². The van der Waals surface area contributed by atoms with Crippen LogP contribution in [0.15, 0.2) is 0 Å². The molecule has 0 aromatic carbocycles. The smallest absolute Gasteiger partial charge is 0.244 e. The van der Waals surface area contributed by atoms with E-state index < -0.39 is 0 Å². The van der Waals surface area contributed by atoms with E-state index in [4.69, 9.17) is 5.73 Å². The number of hydrogen-bond donors (Lipinski definition) is 1. The van der Waals surface area contributed by atoms with Gasteiger partial charge in [-0.3, -0.25) is 9.48 Å². The first kappa shape index (κ1) is 15.9. The predicted octanol–water partition coefficient (Wildman–Crippen LogP) is 2.51. The lowest BCUT2D eigenvalue weighted by Crippen LogP contribution is -2.43. The molecule has 0 aliphatic heterocycles. The lowest BCUT2D eigenvalue weighted by atomic mass is 10.1. The Bertz CT molecular complexity index is 501. The van der Waals surface area contributed by atoms with E-state index in [1.54, 1.807) is 4.68 Å². The van der Waals surface area contributed by atoms with E-state index in [9.17, 15) is 4.79 Å². The quantitative estimate of drug-likeness (QED) is 0.907. The molecule has 0 radical (unpaired) electrons. The van der Waals surface area contributed by atoms with Crippen LogP contribution in [0.3, 0.4) is 0 Å². The number of aromatic nitrogens is 2. The zero-order valence-corrected chi connectivity index (χ0v) is 13.7. The summed E-state index contributed by atoms with van der Waals surface area (Å²) in [5.41, 5.74) is 8.33. The summed E-state index contributed by atoms with van der Waals surface area (Å²) in [7, 11) is 0. The molecular formula is C16H28N4O. The van der Waals surface area contributed by atoms with Crippen molar-refractivity contribution in [3.8, 4) is 0 Å². The largest absolute Gasteiger partial charge is 0.396 e. The zero-order valence-electron chi connectivity index (χ0n) is 13.7. The van der Waals surface area contributed by atoms with Crippen LogP contribution < -0.4 is 5.73 Å². The molecule has 1 aromatic rings. The monoisotopic (exact) mass is 292 g/mol. The van der Waals surface area contributed by atoms with Gasteiger partial charge >= 0.3 is 0 Å². The summed E-state index contributed by atoms with van der Waals surface area (Å²) in [6, 6.07) is 0.411. The first-order valence-corrected chi connectivity index (χ1v) is 7.99. The average molecular weight is 292 g/mol. The van der Waals surface area contributed by atoms with E-state index in [2.05, 4.69) is 23.8 Å². The Balaban J connectivity index is 2.11. The van der Waals surface area contributed by atoms with Gasteiger partial charge in [0.2, 0.25) is 5.91 Å². The van der Waals surface area contributed by atoms with Crippen LogP contribution in [0.25, 0.3) is 0 Å². The maximum Gasteiger partial charge on any atom is 0.244 e. The average Bonchev–Trinajstić information content (AvgIpc) is 3.02. The summed E-state index contributed by atoms with van der Waals surface area (Å²) in [6.45, 7) is 9.26. The number of aryl methyl sites for hydroxylation is 1. The van der Waals surface area contributed by atoms with Crippen LogP contribution in [0, 0.1) is 19.8 Å². The van der Waals surface area contributed by atoms with Crippen LogP contribution in [0.4, 0.5) is 5.69 Å². The predicted molar refractivity (Wildman–Crippen MR) is 84.9 cm³/mol. The number of nitrogens with two attached hydrogens (primary N) is 1. The molecule has 118 valence electrons. The molecule has 1 amide bonds. The van der Waals surface area contributed by atoms with Crippen molar-refractivity contribution in [2.75, 3.05) is 12.3 Å². The van der Waals surface area contributed by atoms with Crippen molar-refractivity contribution in [2.45, 2.75) is 66.0 Å². The van der Waals surface area contributed by atoms with Gasteiger partial charge in [-0.05, 0) is 32.6 Å². The van der Waals surface area contributed by atoms with Gasteiger partial charge in [-0.25, -0.2) is 0 Å². The molecule has 2 N–H and O–H groups in total. The number of rotatable bonds is 5. The highest BCUT2D eigenvalue weighted by molar-refractivity contribution is 5.76. The highest BCUT2D eigenvalue weighted by atomic mass is 16.2. The first-order valence-electron chi connectivity index (χ1n) is 7.99. The van der Waals surface area contributed by atoms with E-state index in [0.717, 1.165) is 30.8 Å². The van der Waals surface area contributed by atoms with Gasteiger partial charge < -0.3 is 10.6 Å². The highest BCUT2D eigenvalue weighted by Gasteiger charge is 2.27. The van der Waals surface area contributed by atoms with Crippen molar-refractivity contribution in [1.82, 2.24) is 14.7 Å². The Morgan fingerprint density at radius 1 is 1.38 bits per heavy atom. The Morgan fingerprint density at radius 2 is 2.00 bits per heavy atom. The number of carbonyl (C=O) groups excluding carboxylic acids is 1. The fourth-order valence-electron chi connectivity index (χ4n) is 3.15.